The number of nitrogens with two attached hydrogens (primary N) is 1. The first kappa shape index (κ1) is 10.3. The Bertz CT molecular complexity index is 358. The molecule has 0 aliphatic carbocycles. The molecule has 1 aromatic rings. The summed E-state index contributed by atoms with van der Waals surface area (Å²) in [5.41, 5.74) is 8.17. The SMILES string of the molecule is C=C(/N=C\C=C/N)c1ccc(C)cc1. The summed E-state index contributed by atoms with van der Waals surface area (Å²) in [6.45, 7) is 5.90. The van der Waals surface area contributed by atoms with Gasteiger partial charge in [0.2, 0.25) is 0 Å². The van der Waals surface area contributed by atoms with Crippen LogP contribution in [0.5, 0.6) is 0 Å². The fourth-order valence-corrected chi connectivity index (χ4v) is 1.00. The zero-order chi connectivity index (χ0) is 10.4. The molecule has 1 aromatic carbocycles. The maximum Gasteiger partial charge on any atom is 0.0630 e. The largest absolute Gasteiger partial charge is 0.405 e. The fraction of sp³-hybridized carbons (Fsp3) is 0.0833. The van der Waals surface area contributed by atoms with E-state index in [2.05, 4.69) is 11.6 Å². The van der Waals surface area contributed by atoms with E-state index in [0.717, 1.165) is 11.3 Å². The summed E-state index contributed by atoms with van der Waals surface area (Å²) in [7, 11) is 0. The number of allylic oxidation sites excluding steroid dienone is 1. The Balaban J connectivity index is 2.75. The van der Waals surface area contributed by atoms with Gasteiger partial charge in [-0.2, -0.15) is 0 Å². The highest BCUT2D eigenvalue weighted by Crippen LogP contribution is 2.13. The van der Waals surface area contributed by atoms with Gasteiger partial charge in [0.05, 0.1) is 5.70 Å². The third kappa shape index (κ3) is 2.90. The predicted octanol–water partition coefficient (Wildman–Crippen LogP) is 2.51. The Kier molecular flexibility index (Phi) is 3.68. The zero-order valence-electron chi connectivity index (χ0n) is 8.27. The second kappa shape index (κ2) is 5.02. The van der Waals surface area contributed by atoms with Gasteiger partial charge in [0.25, 0.3) is 0 Å². The van der Waals surface area contributed by atoms with Crippen molar-refractivity contribution in [2.75, 3.05) is 0 Å². The standard InChI is InChI=1S/C12H14N2/c1-10-4-6-12(7-5-10)11(2)14-9-3-8-13/h3-9H,2,13H2,1H3/b8-3-,14-9-. The molecular formula is C12H14N2. The summed E-state index contributed by atoms with van der Waals surface area (Å²) in [5.74, 6) is 0. The minimum absolute atomic E-state index is 0.739. The molecule has 0 fully saturated rings. The van der Waals surface area contributed by atoms with Crippen LogP contribution in [-0.2, 0) is 0 Å². The molecule has 14 heavy (non-hydrogen) atoms. The number of aliphatic imine (C=N–C) groups is 1. The predicted molar refractivity (Wildman–Crippen MR) is 62.0 cm³/mol. The average Bonchev–Trinajstić information content (AvgIpc) is 2.19. The maximum atomic E-state index is 5.17. The van der Waals surface area contributed by atoms with Crippen LogP contribution in [0.2, 0.25) is 0 Å². The molecule has 0 saturated heterocycles. The Morgan fingerprint density at radius 1 is 1.36 bits per heavy atom. The summed E-state index contributed by atoms with van der Waals surface area (Å²) in [5, 5.41) is 0. The molecule has 72 valence electrons. The van der Waals surface area contributed by atoms with E-state index in [1.54, 1.807) is 12.3 Å². The smallest absolute Gasteiger partial charge is 0.0630 e. The quantitative estimate of drug-likeness (QED) is 0.724. The molecule has 0 aliphatic rings. The van der Waals surface area contributed by atoms with Crippen LogP contribution in [0.15, 0.2) is 48.1 Å². The van der Waals surface area contributed by atoms with E-state index >= 15 is 0 Å². The highest BCUT2D eigenvalue weighted by molar-refractivity contribution is 5.79. The zero-order valence-corrected chi connectivity index (χ0v) is 8.27. The minimum atomic E-state index is 0.739. The monoisotopic (exact) mass is 186 g/mol. The molecule has 0 unspecified atom stereocenters. The van der Waals surface area contributed by atoms with Crippen LogP contribution in [0.4, 0.5) is 0 Å². The topological polar surface area (TPSA) is 38.4 Å². The lowest BCUT2D eigenvalue weighted by Gasteiger charge is -1.99. The van der Waals surface area contributed by atoms with Gasteiger partial charge in [0.1, 0.15) is 0 Å². The number of benzene rings is 1. The van der Waals surface area contributed by atoms with Gasteiger partial charge in [-0.1, -0.05) is 36.4 Å². The first-order valence-electron chi connectivity index (χ1n) is 4.41. The Labute approximate surface area is 84.5 Å². The lowest BCUT2D eigenvalue weighted by atomic mass is 10.1. The molecule has 0 radical (unpaired) electrons. The maximum absolute atomic E-state index is 5.17. The van der Waals surface area contributed by atoms with Crippen molar-refractivity contribution in [2.24, 2.45) is 10.7 Å². The second-order valence-corrected chi connectivity index (χ2v) is 2.98. The highest BCUT2D eigenvalue weighted by atomic mass is 14.7. The number of hydrogen-bond acceptors (Lipinski definition) is 2. The Hall–Kier alpha value is -1.83. The third-order valence-corrected chi connectivity index (χ3v) is 1.81. The van der Waals surface area contributed by atoms with Crippen LogP contribution in [0.25, 0.3) is 5.70 Å². The van der Waals surface area contributed by atoms with E-state index in [9.17, 15) is 0 Å². The Morgan fingerprint density at radius 3 is 2.57 bits per heavy atom. The number of rotatable bonds is 3. The second-order valence-electron chi connectivity index (χ2n) is 2.98. The molecule has 2 N–H and O–H groups in total. The van der Waals surface area contributed by atoms with E-state index < -0.39 is 0 Å². The van der Waals surface area contributed by atoms with Crippen molar-refractivity contribution in [3.8, 4) is 0 Å². The molecule has 0 aromatic heterocycles. The van der Waals surface area contributed by atoms with Crippen molar-refractivity contribution in [1.82, 2.24) is 0 Å². The van der Waals surface area contributed by atoms with Crippen LogP contribution >= 0.6 is 0 Å². The molecule has 0 heterocycles. The van der Waals surface area contributed by atoms with Crippen LogP contribution in [0.1, 0.15) is 11.1 Å². The summed E-state index contributed by atoms with van der Waals surface area (Å²) in [6.07, 6.45) is 4.73. The lowest BCUT2D eigenvalue weighted by Crippen LogP contribution is -1.81. The van der Waals surface area contributed by atoms with Crippen LogP contribution in [0, 0.1) is 6.92 Å². The van der Waals surface area contributed by atoms with E-state index in [4.69, 9.17) is 5.73 Å². The summed E-state index contributed by atoms with van der Waals surface area (Å²) in [6, 6.07) is 8.08. The van der Waals surface area contributed by atoms with Crippen molar-refractivity contribution in [2.45, 2.75) is 6.92 Å². The first-order chi connectivity index (χ1) is 6.74. The van der Waals surface area contributed by atoms with Crippen molar-refractivity contribution in [3.05, 3.63) is 54.2 Å². The molecular weight excluding hydrogens is 172 g/mol. The van der Waals surface area contributed by atoms with Crippen LogP contribution < -0.4 is 5.73 Å². The fourth-order valence-electron chi connectivity index (χ4n) is 1.00. The number of nitrogens with zero attached hydrogens (tertiary/aromatic N) is 1. The van der Waals surface area contributed by atoms with Gasteiger partial charge in [0.15, 0.2) is 0 Å². The molecule has 1 rings (SSSR count). The van der Waals surface area contributed by atoms with Gasteiger partial charge in [-0.3, -0.25) is 4.99 Å². The average molecular weight is 186 g/mol. The molecule has 0 spiro atoms. The van der Waals surface area contributed by atoms with Crippen molar-refractivity contribution < 1.29 is 0 Å². The van der Waals surface area contributed by atoms with Crippen LogP contribution in [0.3, 0.4) is 0 Å². The molecule has 0 aliphatic heterocycles. The normalized spacial score (nSPS) is 11.2. The van der Waals surface area contributed by atoms with Gasteiger partial charge in [-0.15, -0.1) is 0 Å². The number of aryl methyl sites for hydroxylation is 1. The van der Waals surface area contributed by atoms with Gasteiger partial charge >= 0.3 is 0 Å². The summed E-state index contributed by atoms with van der Waals surface area (Å²) in [4.78, 5) is 4.13. The van der Waals surface area contributed by atoms with Gasteiger partial charge in [-0.25, -0.2) is 0 Å². The van der Waals surface area contributed by atoms with Crippen molar-refractivity contribution in [1.29, 1.82) is 0 Å². The first-order valence-corrected chi connectivity index (χ1v) is 4.41. The molecule has 0 amide bonds. The summed E-state index contributed by atoms with van der Waals surface area (Å²) >= 11 is 0. The van der Waals surface area contributed by atoms with Crippen molar-refractivity contribution >= 4 is 11.9 Å². The molecule has 0 saturated carbocycles. The van der Waals surface area contributed by atoms with E-state index in [0.29, 0.717) is 0 Å². The Morgan fingerprint density at radius 2 is 2.00 bits per heavy atom. The van der Waals surface area contributed by atoms with Gasteiger partial charge < -0.3 is 5.73 Å². The third-order valence-electron chi connectivity index (χ3n) is 1.81. The van der Waals surface area contributed by atoms with Crippen LogP contribution in [-0.4, -0.2) is 6.21 Å². The van der Waals surface area contributed by atoms with Crippen molar-refractivity contribution in [3.63, 3.8) is 0 Å². The molecule has 0 bridgehead atoms. The molecule has 0 atom stereocenters. The van der Waals surface area contributed by atoms with E-state index in [1.807, 2.05) is 31.2 Å². The lowest BCUT2D eigenvalue weighted by molar-refractivity contribution is 1.44. The minimum Gasteiger partial charge on any atom is -0.405 e. The molecule has 2 heteroatoms. The number of hydrogen-bond donors (Lipinski definition) is 1. The van der Waals surface area contributed by atoms with E-state index in [-0.39, 0.29) is 0 Å². The van der Waals surface area contributed by atoms with E-state index in [1.165, 1.54) is 11.8 Å². The van der Waals surface area contributed by atoms with Gasteiger partial charge in [0, 0.05) is 6.21 Å². The summed E-state index contributed by atoms with van der Waals surface area (Å²) < 4.78 is 0. The highest BCUT2D eigenvalue weighted by Gasteiger charge is 1.93. The van der Waals surface area contributed by atoms with Gasteiger partial charge in [-0.05, 0) is 24.8 Å². The molecule has 2 nitrogen and oxygen atoms in total.